The van der Waals surface area contributed by atoms with E-state index in [4.69, 9.17) is 9.47 Å². The summed E-state index contributed by atoms with van der Waals surface area (Å²) in [5, 5.41) is 13.7. The third-order valence-electron chi connectivity index (χ3n) is 5.01. The van der Waals surface area contributed by atoms with Gasteiger partial charge in [0.05, 0.1) is 23.4 Å². The van der Waals surface area contributed by atoms with Gasteiger partial charge in [-0.3, -0.25) is 19.8 Å². The molecule has 0 bridgehead atoms. The molecule has 4 rings (SSSR count). The fraction of sp³-hybridized carbons (Fsp3) is 0.120. The number of nitro groups is 1. The molecule has 0 atom stereocenters. The van der Waals surface area contributed by atoms with Crippen LogP contribution in [0.1, 0.15) is 12.6 Å². The van der Waals surface area contributed by atoms with Crippen LogP contribution in [0.25, 0.3) is 11.1 Å². The number of benzene rings is 3. The Morgan fingerprint density at radius 1 is 1.09 bits per heavy atom. The highest BCUT2D eigenvalue weighted by molar-refractivity contribution is 7.14. The summed E-state index contributed by atoms with van der Waals surface area (Å²) in [6.07, 6.45) is 0. The van der Waals surface area contributed by atoms with Crippen molar-refractivity contribution in [3.8, 4) is 22.6 Å². The molecular weight excluding hydrogens is 454 g/mol. The summed E-state index contributed by atoms with van der Waals surface area (Å²) in [5.41, 5.74) is 2.68. The first-order chi connectivity index (χ1) is 16.5. The quantitative estimate of drug-likeness (QED) is 0.229. The maximum absolute atomic E-state index is 12.3. The van der Waals surface area contributed by atoms with Crippen LogP contribution in [0.15, 0.2) is 78.2 Å². The number of methoxy groups -OCH3 is 1. The summed E-state index contributed by atoms with van der Waals surface area (Å²) < 4.78 is 11.2. The zero-order valence-corrected chi connectivity index (χ0v) is 19.3. The number of para-hydroxylation sites is 1. The average molecular weight is 476 g/mol. The normalized spacial score (nSPS) is 10.5. The monoisotopic (exact) mass is 475 g/mol. The summed E-state index contributed by atoms with van der Waals surface area (Å²) in [5.74, 6) is 1.02. The van der Waals surface area contributed by atoms with Crippen molar-refractivity contribution < 1.29 is 19.2 Å². The fourth-order valence-electron chi connectivity index (χ4n) is 3.37. The van der Waals surface area contributed by atoms with E-state index in [1.54, 1.807) is 30.2 Å². The van der Waals surface area contributed by atoms with Gasteiger partial charge in [-0.2, -0.15) is 0 Å². The molecule has 1 heterocycles. The molecule has 1 aromatic heterocycles. The Labute approximate surface area is 200 Å². The zero-order chi connectivity index (χ0) is 24.1. The van der Waals surface area contributed by atoms with E-state index in [0.29, 0.717) is 27.9 Å². The number of hydrogen-bond donors (Lipinski definition) is 0. The molecule has 0 spiro atoms. The maximum Gasteiger partial charge on any atom is 0.270 e. The first kappa shape index (κ1) is 22.9. The summed E-state index contributed by atoms with van der Waals surface area (Å²) in [6, 6.07) is 21.0. The van der Waals surface area contributed by atoms with Gasteiger partial charge in [-0.1, -0.05) is 30.3 Å². The second kappa shape index (κ2) is 10.1. The lowest BCUT2D eigenvalue weighted by Gasteiger charge is -2.17. The van der Waals surface area contributed by atoms with Gasteiger partial charge in [0.15, 0.2) is 5.13 Å². The molecule has 0 radical (unpaired) electrons. The van der Waals surface area contributed by atoms with Crippen molar-refractivity contribution in [3.05, 3.63) is 94.0 Å². The summed E-state index contributed by atoms with van der Waals surface area (Å²) >= 11 is 1.34. The van der Waals surface area contributed by atoms with Gasteiger partial charge in [-0.25, -0.2) is 4.98 Å². The number of aromatic nitrogens is 1. The minimum Gasteiger partial charge on any atom is -0.497 e. The number of rotatable bonds is 8. The second-order valence-electron chi connectivity index (χ2n) is 7.27. The lowest BCUT2D eigenvalue weighted by atomic mass is 10.0. The van der Waals surface area contributed by atoms with Crippen LogP contribution in [0.5, 0.6) is 11.5 Å². The Kier molecular flexibility index (Phi) is 6.84. The van der Waals surface area contributed by atoms with Crippen LogP contribution in [0.4, 0.5) is 16.5 Å². The molecule has 9 heteroatoms. The third-order valence-corrected chi connectivity index (χ3v) is 5.89. The number of thiazole rings is 1. The number of carbonyl (C=O) groups is 1. The number of ether oxygens (including phenoxy) is 2. The van der Waals surface area contributed by atoms with Gasteiger partial charge < -0.3 is 9.47 Å². The van der Waals surface area contributed by atoms with E-state index in [1.165, 1.54) is 30.4 Å². The topological polar surface area (TPSA) is 94.8 Å². The van der Waals surface area contributed by atoms with Crippen molar-refractivity contribution >= 4 is 33.8 Å². The lowest BCUT2D eigenvalue weighted by molar-refractivity contribution is -0.384. The fourth-order valence-corrected chi connectivity index (χ4v) is 4.25. The van der Waals surface area contributed by atoms with E-state index >= 15 is 0 Å². The first-order valence-corrected chi connectivity index (χ1v) is 11.2. The van der Waals surface area contributed by atoms with Crippen LogP contribution in [-0.2, 0) is 11.4 Å². The third kappa shape index (κ3) is 5.05. The molecule has 0 aliphatic rings. The summed E-state index contributed by atoms with van der Waals surface area (Å²) in [6.45, 7) is 1.63. The molecule has 3 aromatic carbocycles. The Hall–Kier alpha value is -4.24. The molecule has 0 N–H and O–H groups in total. The van der Waals surface area contributed by atoms with Crippen molar-refractivity contribution in [2.24, 2.45) is 0 Å². The smallest absolute Gasteiger partial charge is 0.270 e. The van der Waals surface area contributed by atoms with Crippen molar-refractivity contribution in [2.45, 2.75) is 13.5 Å². The second-order valence-corrected chi connectivity index (χ2v) is 8.10. The van der Waals surface area contributed by atoms with E-state index in [9.17, 15) is 14.9 Å². The first-order valence-electron chi connectivity index (χ1n) is 10.3. The molecule has 1 amide bonds. The van der Waals surface area contributed by atoms with E-state index in [2.05, 4.69) is 4.98 Å². The number of non-ortho nitro benzene ring substituents is 1. The lowest BCUT2D eigenvalue weighted by Crippen LogP contribution is -2.22. The van der Waals surface area contributed by atoms with Gasteiger partial charge in [0.2, 0.25) is 5.91 Å². The summed E-state index contributed by atoms with van der Waals surface area (Å²) in [7, 11) is 1.57. The summed E-state index contributed by atoms with van der Waals surface area (Å²) in [4.78, 5) is 29.3. The van der Waals surface area contributed by atoms with Gasteiger partial charge in [0.25, 0.3) is 5.69 Å². The largest absolute Gasteiger partial charge is 0.497 e. The van der Waals surface area contributed by atoms with Crippen LogP contribution in [0.3, 0.4) is 0 Å². The number of nitrogens with zero attached hydrogens (tertiary/aromatic N) is 3. The highest BCUT2D eigenvalue weighted by Crippen LogP contribution is 2.35. The predicted octanol–water partition coefficient (Wildman–Crippen LogP) is 5.99. The van der Waals surface area contributed by atoms with Gasteiger partial charge in [-0.05, 0) is 35.9 Å². The van der Waals surface area contributed by atoms with Crippen molar-refractivity contribution in [1.29, 1.82) is 0 Å². The minimum atomic E-state index is -0.441. The molecule has 34 heavy (non-hydrogen) atoms. The van der Waals surface area contributed by atoms with Crippen molar-refractivity contribution in [2.75, 3.05) is 12.0 Å². The van der Waals surface area contributed by atoms with Gasteiger partial charge >= 0.3 is 0 Å². The molecule has 0 unspecified atom stereocenters. The Bertz CT molecular complexity index is 1310. The number of hydrogen-bond acceptors (Lipinski definition) is 7. The minimum absolute atomic E-state index is 0.0333. The number of amides is 1. The highest BCUT2D eigenvalue weighted by atomic mass is 32.1. The zero-order valence-electron chi connectivity index (χ0n) is 18.5. The maximum atomic E-state index is 12.3. The van der Waals surface area contributed by atoms with Crippen LogP contribution in [0.2, 0.25) is 0 Å². The van der Waals surface area contributed by atoms with Crippen molar-refractivity contribution in [3.63, 3.8) is 0 Å². The van der Waals surface area contributed by atoms with Gasteiger partial charge in [0, 0.05) is 30.0 Å². The van der Waals surface area contributed by atoms with Crippen LogP contribution < -0.4 is 14.4 Å². The Balaban J connectivity index is 1.58. The van der Waals surface area contributed by atoms with Crippen LogP contribution in [0, 0.1) is 10.1 Å². The number of carbonyl (C=O) groups excluding carboxylic acids is 1. The molecule has 4 aromatic rings. The molecule has 0 fully saturated rings. The Morgan fingerprint density at radius 2 is 1.82 bits per heavy atom. The van der Waals surface area contributed by atoms with Crippen LogP contribution >= 0.6 is 11.3 Å². The van der Waals surface area contributed by atoms with E-state index < -0.39 is 4.92 Å². The number of nitro benzene ring substituents is 1. The molecular formula is C25H21N3O5S. The van der Waals surface area contributed by atoms with E-state index in [-0.39, 0.29) is 18.2 Å². The molecule has 0 aliphatic carbocycles. The average Bonchev–Trinajstić information content (AvgIpc) is 3.31. The van der Waals surface area contributed by atoms with Crippen LogP contribution in [-0.4, -0.2) is 22.9 Å². The Morgan fingerprint density at radius 3 is 2.47 bits per heavy atom. The molecule has 0 saturated heterocycles. The van der Waals surface area contributed by atoms with Gasteiger partial charge in [0.1, 0.15) is 18.1 Å². The molecule has 172 valence electrons. The van der Waals surface area contributed by atoms with Gasteiger partial charge in [-0.15, -0.1) is 11.3 Å². The molecule has 0 saturated carbocycles. The molecule has 8 nitrogen and oxygen atoms in total. The SMILES string of the molecule is COc1ccc(-c2cc([N+](=O)[O-])ccc2OCc2csc(N(C(C)=O)c3ccccc3)n2)cc1. The van der Waals surface area contributed by atoms with E-state index in [1.807, 2.05) is 47.8 Å². The number of anilines is 2. The molecule has 0 aliphatic heterocycles. The predicted molar refractivity (Wildman–Crippen MR) is 131 cm³/mol. The van der Waals surface area contributed by atoms with Crippen molar-refractivity contribution in [1.82, 2.24) is 4.98 Å². The standard InChI is InChI=1S/C25H21N3O5S/c1-17(29)27(20-6-4-3-5-7-20)25-26-19(16-34-25)15-33-24-13-10-21(28(30)31)14-23(24)18-8-11-22(32-2)12-9-18/h3-14,16H,15H2,1-2H3. The highest BCUT2D eigenvalue weighted by Gasteiger charge is 2.19. The van der Waals surface area contributed by atoms with E-state index in [0.717, 1.165) is 11.3 Å².